The highest BCUT2D eigenvalue weighted by Gasteiger charge is 2.16. The maximum atomic E-state index is 8.75. The van der Waals surface area contributed by atoms with Gasteiger partial charge >= 0.3 is 0 Å². The summed E-state index contributed by atoms with van der Waals surface area (Å²) < 4.78 is 0. The minimum Gasteiger partial charge on any atom is -0.314 e. The van der Waals surface area contributed by atoms with E-state index in [1.54, 1.807) is 18.7 Å². The van der Waals surface area contributed by atoms with Crippen molar-refractivity contribution in [2.45, 2.75) is 30.7 Å². The molecule has 1 aromatic rings. The molecule has 0 aromatic heterocycles. The van der Waals surface area contributed by atoms with E-state index in [-0.39, 0.29) is 0 Å². The van der Waals surface area contributed by atoms with Crippen LogP contribution in [-0.4, -0.2) is 11.3 Å². The van der Waals surface area contributed by atoms with Crippen molar-refractivity contribution in [2.24, 2.45) is 5.73 Å². The molecule has 0 bridgehead atoms. The fourth-order valence-corrected chi connectivity index (χ4v) is 2.35. The number of rotatable bonds is 4. The summed E-state index contributed by atoms with van der Waals surface area (Å²) in [7, 11) is 0. The predicted octanol–water partition coefficient (Wildman–Crippen LogP) is 2.72. The summed E-state index contributed by atoms with van der Waals surface area (Å²) >= 11 is 1.75. The summed E-state index contributed by atoms with van der Waals surface area (Å²) in [6.07, 6.45) is 0.710. The summed E-state index contributed by atoms with van der Waals surface area (Å²) in [5.41, 5.74) is 6.30. The number of benzene rings is 1. The summed E-state index contributed by atoms with van der Waals surface area (Å²) in [5.74, 6) is 0.879. The van der Waals surface area contributed by atoms with Crippen molar-refractivity contribution in [3.05, 3.63) is 29.8 Å². The summed E-state index contributed by atoms with van der Waals surface area (Å²) in [5, 5.41) is 8.75. The molecule has 0 radical (unpaired) electrons. The van der Waals surface area contributed by atoms with Crippen molar-refractivity contribution in [1.82, 2.24) is 0 Å². The summed E-state index contributed by atoms with van der Waals surface area (Å²) in [4.78, 5) is 1.24. The first-order valence-electron chi connectivity index (χ1n) is 4.93. The number of hydrogen-bond acceptors (Lipinski definition) is 3. The molecule has 1 atom stereocenters. The lowest BCUT2D eigenvalue weighted by Gasteiger charge is -2.14. The normalized spacial score (nSPS) is 14.3. The van der Waals surface area contributed by atoms with E-state index in [0.717, 1.165) is 5.75 Å². The fraction of sp³-hybridized carbons (Fsp3) is 0.417. The van der Waals surface area contributed by atoms with Gasteiger partial charge in [0.2, 0.25) is 0 Å². The van der Waals surface area contributed by atoms with Crippen LogP contribution in [0.1, 0.15) is 18.9 Å². The molecule has 0 fully saturated rings. The maximum absolute atomic E-state index is 8.75. The van der Waals surface area contributed by atoms with E-state index in [2.05, 4.69) is 31.2 Å². The number of thioether (sulfide) groups is 1. The van der Waals surface area contributed by atoms with Crippen molar-refractivity contribution >= 4 is 11.8 Å². The smallest absolute Gasteiger partial charge is 0.102 e. The molecule has 0 spiro atoms. The van der Waals surface area contributed by atoms with Crippen molar-refractivity contribution < 1.29 is 0 Å². The molecule has 1 rings (SSSR count). The Morgan fingerprint density at radius 3 is 2.87 bits per heavy atom. The lowest BCUT2D eigenvalue weighted by molar-refractivity contribution is 0.583. The van der Waals surface area contributed by atoms with Crippen LogP contribution in [0.25, 0.3) is 0 Å². The van der Waals surface area contributed by atoms with Crippen molar-refractivity contribution in [3.63, 3.8) is 0 Å². The average molecular weight is 220 g/mol. The Balaban J connectivity index is 2.42. The van der Waals surface area contributed by atoms with Crippen LogP contribution in [0.5, 0.6) is 0 Å². The van der Waals surface area contributed by atoms with Crippen LogP contribution in [0.3, 0.4) is 0 Å². The molecule has 2 nitrogen and oxygen atoms in total. The minimum absolute atomic E-state index is 0.698. The zero-order valence-electron chi connectivity index (χ0n) is 9.16. The van der Waals surface area contributed by atoms with Gasteiger partial charge in [-0.3, -0.25) is 0 Å². The molecule has 1 unspecified atom stereocenters. The van der Waals surface area contributed by atoms with Gasteiger partial charge in [0.15, 0.2) is 0 Å². The molecule has 0 saturated heterocycles. The van der Waals surface area contributed by atoms with Crippen LogP contribution in [0.4, 0.5) is 0 Å². The first-order chi connectivity index (χ1) is 7.03. The van der Waals surface area contributed by atoms with Crippen LogP contribution in [-0.2, 0) is 0 Å². The van der Waals surface area contributed by atoms with Crippen LogP contribution in [0, 0.1) is 18.3 Å². The number of hydrogen-bond donors (Lipinski definition) is 1. The molecular formula is C12H16N2S. The third-order valence-corrected chi connectivity index (χ3v) is 3.13. The highest BCUT2D eigenvalue weighted by Crippen LogP contribution is 2.21. The SMILES string of the molecule is Cc1cccc(SCCC(C)(N)C#N)c1. The molecule has 0 aliphatic carbocycles. The van der Waals surface area contributed by atoms with E-state index in [9.17, 15) is 0 Å². The molecule has 0 saturated carbocycles. The Morgan fingerprint density at radius 1 is 1.53 bits per heavy atom. The standard InChI is InChI=1S/C12H16N2S/c1-10-4-3-5-11(8-10)15-7-6-12(2,14)9-13/h3-5,8H,6-7,14H2,1-2H3. The zero-order valence-corrected chi connectivity index (χ0v) is 9.97. The van der Waals surface area contributed by atoms with E-state index < -0.39 is 5.54 Å². The number of nitrogens with two attached hydrogens (primary N) is 1. The Kier molecular flexibility index (Phi) is 4.19. The molecule has 80 valence electrons. The van der Waals surface area contributed by atoms with Crippen LogP contribution >= 0.6 is 11.8 Å². The highest BCUT2D eigenvalue weighted by molar-refractivity contribution is 7.99. The Labute approximate surface area is 95.5 Å². The van der Waals surface area contributed by atoms with Crippen LogP contribution < -0.4 is 5.73 Å². The summed E-state index contributed by atoms with van der Waals surface area (Å²) in [6, 6.07) is 10.4. The largest absolute Gasteiger partial charge is 0.314 e. The summed E-state index contributed by atoms with van der Waals surface area (Å²) in [6.45, 7) is 3.84. The zero-order chi connectivity index (χ0) is 11.3. The third kappa shape index (κ3) is 4.37. The van der Waals surface area contributed by atoms with E-state index in [0.29, 0.717) is 6.42 Å². The van der Waals surface area contributed by atoms with E-state index >= 15 is 0 Å². The average Bonchev–Trinajstić information content (AvgIpc) is 2.18. The molecule has 15 heavy (non-hydrogen) atoms. The van der Waals surface area contributed by atoms with Gasteiger partial charge in [-0.25, -0.2) is 0 Å². The third-order valence-electron chi connectivity index (χ3n) is 2.14. The van der Waals surface area contributed by atoms with E-state index in [4.69, 9.17) is 11.0 Å². The molecular weight excluding hydrogens is 204 g/mol. The van der Waals surface area contributed by atoms with Gasteiger partial charge < -0.3 is 5.73 Å². The Bertz CT molecular complexity index is 366. The number of nitrogens with zero attached hydrogens (tertiary/aromatic N) is 1. The van der Waals surface area contributed by atoms with Gasteiger partial charge in [-0.05, 0) is 32.4 Å². The van der Waals surface area contributed by atoms with Crippen molar-refractivity contribution in [2.75, 3.05) is 5.75 Å². The number of aryl methyl sites for hydroxylation is 1. The second kappa shape index (κ2) is 5.20. The van der Waals surface area contributed by atoms with Gasteiger partial charge in [0.05, 0.1) is 6.07 Å². The molecule has 1 aromatic carbocycles. The van der Waals surface area contributed by atoms with Gasteiger partial charge in [-0.15, -0.1) is 11.8 Å². The van der Waals surface area contributed by atoms with E-state index in [1.807, 2.05) is 6.07 Å². The Hall–Kier alpha value is -0.980. The number of nitriles is 1. The van der Waals surface area contributed by atoms with Crippen LogP contribution in [0.2, 0.25) is 0 Å². The Morgan fingerprint density at radius 2 is 2.27 bits per heavy atom. The van der Waals surface area contributed by atoms with Gasteiger partial charge in [0.1, 0.15) is 5.54 Å². The molecule has 0 aliphatic heterocycles. The van der Waals surface area contributed by atoms with Gasteiger partial charge in [-0.2, -0.15) is 5.26 Å². The topological polar surface area (TPSA) is 49.8 Å². The molecule has 0 aliphatic rings. The molecule has 3 heteroatoms. The van der Waals surface area contributed by atoms with Crippen molar-refractivity contribution in [1.29, 1.82) is 5.26 Å². The molecule has 0 heterocycles. The second-order valence-electron chi connectivity index (χ2n) is 3.94. The molecule has 0 amide bonds. The van der Waals surface area contributed by atoms with Gasteiger partial charge in [0, 0.05) is 10.6 Å². The lowest BCUT2D eigenvalue weighted by atomic mass is 10.0. The monoisotopic (exact) mass is 220 g/mol. The predicted molar refractivity (Wildman–Crippen MR) is 64.7 cm³/mol. The van der Waals surface area contributed by atoms with Crippen molar-refractivity contribution in [3.8, 4) is 6.07 Å². The highest BCUT2D eigenvalue weighted by atomic mass is 32.2. The first-order valence-corrected chi connectivity index (χ1v) is 5.92. The maximum Gasteiger partial charge on any atom is 0.102 e. The van der Waals surface area contributed by atoms with Crippen LogP contribution in [0.15, 0.2) is 29.2 Å². The fourth-order valence-electron chi connectivity index (χ4n) is 1.14. The molecule has 2 N–H and O–H groups in total. The lowest BCUT2D eigenvalue weighted by Crippen LogP contribution is -2.34. The first kappa shape index (κ1) is 12.1. The quantitative estimate of drug-likeness (QED) is 0.794. The van der Waals surface area contributed by atoms with E-state index in [1.165, 1.54) is 10.5 Å². The second-order valence-corrected chi connectivity index (χ2v) is 5.11. The van der Waals surface area contributed by atoms with Gasteiger partial charge in [-0.1, -0.05) is 17.7 Å². The van der Waals surface area contributed by atoms with Gasteiger partial charge in [0.25, 0.3) is 0 Å². The minimum atomic E-state index is -0.698.